The zero-order chi connectivity index (χ0) is 29.3. The minimum atomic E-state index is -3.88. The predicted octanol–water partition coefficient (Wildman–Crippen LogP) is 2.28. The number of amides is 2. The van der Waals surface area contributed by atoms with Crippen LogP contribution in [0.1, 0.15) is 39.0 Å². The van der Waals surface area contributed by atoms with Gasteiger partial charge in [0.1, 0.15) is 23.2 Å². The molecule has 2 fully saturated rings. The lowest BCUT2D eigenvalue weighted by Crippen LogP contribution is -2.55. The minimum Gasteiger partial charge on any atom is -0.495 e. The summed E-state index contributed by atoms with van der Waals surface area (Å²) in [5.41, 5.74) is 1.15. The molecule has 1 aliphatic carbocycles. The maximum Gasteiger partial charge on any atom is 0.249 e. The van der Waals surface area contributed by atoms with Crippen LogP contribution in [0.3, 0.4) is 0 Å². The van der Waals surface area contributed by atoms with E-state index in [4.69, 9.17) is 9.72 Å². The van der Waals surface area contributed by atoms with Crippen LogP contribution in [-0.2, 0) is 19.4 Å². The molecule has 2 aromatic rings. The number of piperazine rings is 1. The van der Waals surface area contributed by atoms with Gasteiger partial charge >= 0.3 is 0 Å². The molecular formula is C28H39N7O5S. The van der Waals surface area contributed by atoms with Crippen molar-refractivity contribution < 1.29 is 22.7 Å². The van der Waals surface area contributed by atoms with Gasteiger partial charge in [-0.15, -0.1) is 0 Å². The molecule has 0 bridgehead atoms. The van der Waals surface area contributed by atoms with Crippen LogP contribution < -0.4 is 19.9 Å². The molecule has 12 nitrogen and oxygen atoms in total. The van der Waals surface area contributed by atoms with E-state index in [9.17, 15) is 18.0 Å². The number of methoxy groups -OCH3 is 1. The van der Waals surface area contributed by atoms with Crippen LogP contribution in [0.4, 0.5) is 23.1 Å². The maximum atomic E-state index is 13.2. The molecule has 3 aliphatic rings. The first kappa shape index (κ1) is 29.1. The van der Waals surface area contributed by atoms with E-state index >= 15 is 0 Å². The molecule has 1 saturated heterocycles. The number of ether oxygens (including phenoxy) is 1. The molecular weight excluding hydrogens is 546 g/mol. The fourth-order valence-electron chi connectivity index (χ4n) is 5.93. The van der Waals surface area contributed by atoms with Gasteiger partial charge in [-0.3, -0.25) is 9.59 Å². The molecule has 0 spiro atoms. The Hall–Kier alpha value is -3.45. The smallest absolute Gasteiger partial charge is 0.249 e. The summed E-state index contributed by atoms with van der Waals surface area (Å²) in [6.07, 6.45) is 6.60. The summed E-state index contributed by atoms with van der Waals surface area (Å²) < 4.78 is 31.8. The number of hydrogen-bond acceptors (Lipinski definition) is 10. The quantitative estimate of drug-likeness (QED) is 0.493. The highest BCUT2D eigenvalue weighted by atomic mass is 32.2. The van der Waals surface area contributed by atoms with Crippen molar-refractivity contribution in [3.8, 4) is 5.75 Å². The molecule has 1 aromatic carbocycles. The molecule has 0 radical (unpaired) electrons. The Morgan fingerprint density at radius 1 is 1.12 bits per heavy atom. The molecule has 2 amide bonds. The van der Waals surface area contributed by atoms with E-state index in [2.05, 4.69) is 20.1 Å². The van der Waals surface area contributed by atoms with Crippen molar-refractivity contribution >= 4 is 44.8 Å². The minimum absolute atomic E-state index is 0.00655. The van der Waals surface area contributed by atoms with Gasteiger partial charge in [0.25, 0.3) is 0 Å². The van der Waals surface area contributed by atoms with Gasteiger partial charge in [-0.1, -0.05) is 19.8 Å². The number of hydrogen-bond donors (Lipinski definition) is 1. The summed E-state index contributed by atoms with van der Waals surface area (Å²) in [4.78, 5) is 42.7. The van der Waals surface area contributed by atoms with E-state index in [1.807, 2.05) is 14.0 Å². The van der Waals surface area contributed by atoms with Crippen molar-refractivity contribution in [3.05, 3.63) is 24.4 Å². The van der Waals surface area contributed by atoms with Crippen LogP contribution in [0.25, 0.3) is 0 Å². The molecule has 1 saturated carbocycles. The molecule has 2 aliphatic heterocycles. The SMILES string of the molecule is CC[C@@H]1C(=O)N(C)c2cnc(Nc3ccc(S(=O)(=O)CC(=O)N4CCN(C)CC4)cc3OC)nc2N1C1CCCC1. The third-order valence-electron chi connectivity index (χ3n) is 8.36. The Morgan fingerprint density at radius 2 is 1.83 bits per heavy atom. The summed E-state index contributed by atoms with van der Waals surface area (Å²) >= 11 is 0. The number of carbonyl (C=O) groups excluding carboxylic acids is 2. The first-order valence-corrected chi connectivity index (χ1v) is 15.8. The summed E-state index contributed by atoms with van der Waals surface area (Å²) in [5.74, 6) is 0.351. The number of nitrogens with one attached hydrogen (secondary N) is 1. The van der Waals surface area contributed by atoms with Crippen molar-refractivity contribution in [2.45, 2.75) is 56.0 Å². The van der Waals surface area contributed by atoms with Gasteiger partial charge in [0.2, 0.25) is 17.8 Å². The number of nitrogens with zero attached hydrogens (tertiary/aromatic N) is 6. The second kappa shape index (κ2) is 11.8. The fraction of sp³-hybridized carbons (Fsp3) is 0.571. The molecule has 5 rings (SSSR count). The number of likely N-dealkylation sites (N-methyl/N-ethyl adjacent to an activating group) is 2. The number of sulfone groups is 1. The highest BCUT2D eigenvalue weighted by Crippen LogP contribution is 2.40. The molecule has 1 N–H and O–H groups in total. The zero-order valence-corrected chi connectivity index (χ0v) is 25.0. The van der Waals surface area contributed by atoms with Gasteiger partial charge < -0.3 is 29.7 Å². The molecule has 1 atom stereocenters. The molecule has 0 unspecified atom stereocenters. The van der Waals surface area contributed by atoms with Gasteiger partial charge in [0, 0.05) is 45.3 Å². The Bertz CT molecular complexity index is 1400. The Kier molecular flexibility index (Phi) is 8.37. The number of rotatable bonds is 8. The first-order valence-electron chi connectivity index (χ1n) is 14.2. The van der Waals surface area contributed by atoms with Crippen molar-refractivity contribution in [2.24, 2.45) is 0 Å². The highest BCUT2D eigenvalue weighted by Gasteiger charge is 2.41. The summed E-state index contributed by atoms with van der Waals surface area (Å²) in [7, 11) is 1.30. The van der Waals surface area contributed by atoms with Crippen LogP contribution >= 0.6 is 0 Å². The van der Waals surface area contributed by atoms with Gasteiger partial charge in [0.15, 0.2) is 15.7 Å². The van der Waals surface area contributed by atoms with Crippen LogP contribution in [0, 0.1) is 0 Å². The second-order valence-electron chi connectivity index (χ2n) is 11.0. The van der Waals surface area contributed by atoms with Crippen LogP contribution in [0.2, 0.25) is 0 Å². The lowest BCUT2D eigenvalue weighted by molar-refractivity contribution is -0.130. The van der Waals surface area contributed by atoms with E-state index in [0.717, 1.165) is 38.8 Å². The number of anilines is 4. The van der Waals surface area contributed by atoms with Crippen LogP contribution in [0.5, 0.6) is 5.75 Å². The highest BCUT2D eigenvalue weighted by molar-refractivity contribution is 7.92. The monoisotopic (exact) mass is 585 g/mol. The molecule has 222 valence electrons. The first-order chi connectivity index (χ1) is 19.6. The zero-order valence-electron chi connectivity index (χ0n) is 24.2. The number of aromatic nitrogens is 2. The van der Waals surface area contributed by atoms with Gasteiger partial charge in [-0.2, -0.15) is 4.98 Å². The van der Waals surface area contributed by atoms with Crippen LogP contribution in [0.15, 0.2) is 29.3 Å². The Morgan fingerprint density at radius 3 is 2.49 bits per heavy atom. The lowest BCUT2D eigenvalue weighted by atomic mass is 10.0. The van der Waals surface area contributed by atoms with Crippen molar-refractivity contribution in [3.63, 3.8) is 0 Å². The lowest BCUT2D eigenvalue weighted by Gasteiger charge is -2.43. The molecule has 41 heavy (non-hydrogen) atoms. The number of fused-ring (bicyclic) bond motifs is 1. The van der Waals surface area contributed by atoms with Gasteiger partial charge in [0.05, 0.1) is 23.9 Å². The van der Waals surface area contributed by atoms with Crippen molar-refractivity contribution in [1.82, 2.24) is 19.8 Å². The Labute approximate surface area is 241 Å². The Balaban J connectivity index is 1.38. The van der Waals surface area contributed by atoms with E-state index < -0.39 is 21.5 Å². The number of benzene rings is 1. The third-order valence-corrected chi connectivity index (χ3v) is 9.96. The standard InChI is InChI=1S/C28H39N7O5S/c1-5-22-27(37)33(3)23-17-29-28(31-26(23)35(22)19-8-6-7-9-19)30-21-11-10-20(16-24(21)40-4)41(38,39)18-25(36)34-14-12-32(2)13-15-34/h10-11,16-17,19,22H,5-9,12-15,18H2,1-4H3,(H,29,30,31)/t22-/m1/s1. The summed E-state index contributed by atoms with van der Waals surface area (Å²) in [5, 5.41) is 3.17. The van der Waals surface area contributed by atoms with Crippen molar-refractivity contribution in [2.75, 3.05) is 68.3 Å². The van der Waals surface area contributed by atoms with Crippen LogP contribution in [-0.4, -0.2) is 105 Å². The topological polar surface area (TPSA) is 128 Å². The van der Waals surface area contributed by atoms with E-state index in [0.29, 0.717) is 42.7 Å². The maximum absolute atomic E-state index is 13.2. The van der Waals surface area contributed by atoms with Crippen molar-refractivity contribution in [1.29, 1.82) is 0 Å². The average molecular weight is 586 g/mol. The second-order valence-corrected chi connectivity index (χ2v) is 13.0. The summed E-state index contributed by atoms with van der Waals surface area (Å²) in [6.45, 7) is 4.48. The van der Waals surface area contributed by atoms with Gasteiger partial charge in [-0.05, 0) is 38.4 Å². The molecule has 1 aromatic heterocycles. The fourth-order valence-corrected chi connectivity index (χ4v) is 7.16. The van der Waals surface area contributed by atoms with E-state index in [1.165, 1.54) is 19.2 Å². The molecule has 13 heteroatoms. The molecule has 3 heterocycles. The van der Waals surface area contributed by atoms with E-state index in [1.54, 1.807) is 29.1 Å². The predicted molar refractivity (Wildman–Crippen MR) is 157 cm³/mol. The normalized spacial score (nSPS) is 20.3. The largest absolute Gasteiger partial charge is 0.495 e. The third kappa shape index (κ3) is 5.82. The van der Waals surface area contributed by atoms with E-state index in [-0.39, 0.29) is 28.6 Å². The number of carbonyl (C=O) groups is 2. The average Bonchev–Trinajstić information content (AvgIpc) is 3.49. The van der Waals surface area contributed by atoms with Gasteiger partial charge in [-0.25, -0.2) is 13.4 Å². The summed E-state index contributed by atoms with van der Waals surface area (Å²) in [6, 6.07) is 4.42.